The topological polar surface area (TPSA) is 50.1 Å². The number of imidazole rings is 1. The normalized spacial score (nSPS) is 14.5. The van der Waals surface area contributed by atoms with Crippen molar-refractivity contribution in [3.63, 3.8) is 0 Å². The Kier molecular flexibility index (Phi) is 4.73. The van der Waals surface area contributed by atoms with Crippen molar-refractivity contribution in [2.24, 2.45) is 0 Å². The number of fused-ring (bicyclic) bond motifs is 1. The van der Waals surface area contributed by atoms with Crippen LogP contribution in [0.15, 0.2) is 53.4 Å². The summed E-state index contributed by atoms with van der Waals surface area (Å²) < 4.78 is 7.41. The van der Waals surface area contributed by atoms with Crippen LogP contribution in [0.5, 0.6) is 5.75 Å². The molecule has 0 bridgehead atoms. The molecule has 3 aromatic heterocycles. The number of benzene rings is 1. The monoisotopic (exact) mass is 424 g/mol. The Balaban J connectivity index is 1.33. The molecule has 1 fully saturated rings. The van der Waals surface area contributed by atoms with E-state index in [1.165, 1.54) is 11.3 Å². The van der Waals surface area contributed by atoms with Gasteiger partial charge in [0.05, 0.1) is 17.7 Å². The van der Waals surface area contributed by atoms with Crippen molar-refractivity contribution in [3.8, 4) is 16.3 Å². The number of amides is 1. The van der Waals surface area contributed by atoms with Gasteiger partial charge in [0.1, 0.15) is 17.1 Å². The van der Waals surface area contributed by atoms with Gasteiger partial charge in [-0.05, 0) is 23.6 Å². The van der Waals surface area contributed by atoms with Gasteiger partial charge in [-0.1, -0.05) is 18.2 Å². The van der Waals surface area contributed by atoms with Crippen LogP contribution >= 0.6 is 22.7 Å². The molecular formula is C21H20N4O2S2. The fraction of sp³-hybridized carbons (Fsp3) is 0.238. The molecule has 1 aromatic carbocycles. The molecule has 1 aliphatic heterocycles. The number of carbonyl (C=O) groups excluding carboxylic acids is 1. The Morgan fingerprint density at radius 3 is 2.66 bits per heavy atom. The van der Waals surface area contributed by atoms with Crippen molar-refractivity contribution < 1.29 is 9.53 Å². The van der Waals surface area contributed by atoms with Crippen molar-refractivity contribution in [2.75, 3.05) is 38.2 Å². The second kappa shape index (κ2) is 7.53. The summed E-state index contributed by atoms with van der Waals surface area (Å²) in [6.45, 7) is 2.93. The van der Waals surface area contributed by atoms with Gasteiger partial charge in [0.2, 0.25) is 0 Å². The predicted octanol–water partition coefficient (Wildman–Crippen LogP) is 4.10. The number of methoxy groups -OCH3 is 1. The van der Waals surface area contributed by atoms with E-state index in [4.69, 9.17) is 4.74 Å². The van der Waals surface area contributed by atoms with Crippen LogP contribution in [0.2, 0.25) is 0 Å². The molecule has 0 unspecified atom stereocenters. The summed E-state index contributed by atoms with van der Waals surface area (Å²) in [6.07, 6.45) is 1.97. The van der Waals surface area contributed by atoms with Gasteiger partial charge in [0.25, 0.3) is 5.91 Å². The standard InChI is InChI=1S/C21H20N4O2S2/c1-27-18-6-3-2-5-16(18)23-8-10-24(11-9-23)20(26)17-14-29-21-22-15(13-25(17)21)19-7-4-12-28-19/h2-7,12-14H,8-11H2,1H3. The number of hydrogen-bond donors (Lipinski definition) is 0. The van der Waals surface area contributed by atoms with Crippen LogP contribution in [0.1, 0.15) is 10.5 Å². The number of ether oxygens (including phenoxy) is 1. The Hall–Kier alpha value is -2.84. The van der Waals surface area contributed by atoms with E-state index in [0.717, 1.165) is 40.1 Å². The lowest BCUT2D eigenvalue weighted by atomic mass is 10.2. The van der Waals surface area contributed by atoms with Gasteiger partial charge < -0.3 is 14.5 Å². The van der Waals surface area contributed by atoms with Crippen molar-refractivity contribution in [2.45, 2.75) is 0 Å². The van der Waals surface area contributed by atoms with E-state index in [0.29, 0.717) is 18.8 Å². The van der Waals surface area contributed by atoms with E-state index < -0.39 is 0 Å². The minimum atomic E-state index is 0.0612. The zero-order valence-corrected chi connectivity index (χ0v) is 17.6. The molecule has 0 atom stereocenters. The van der Waals surface area contributed by atoms with Gasteiger partial charge in [0, 0.05) is 37.8 Å². The Morgan fingerprint density at radius 1 is 1.07 bits per heavy atom. The van der Waals surface area contributed by atoms with Crippen molar-refractivity contribution in [1.82, 2.24) is 14.3 Å². The van der Waals surface area contributed by atoms with Gasteiger partial charge in [-0.2, -0.15) is 0 Å². The number of hydrogen-bond acceptors (Lipinski definition) is 6. The van der Waals surface area contributed by atoms with Crippen molar-refractivity contribution in [1.29, 1.82) is 0 Å². The van der Waals surface area contributed by atoms with Crippen molar-refractivity contribution >= 4 is 39.2 Å². The molecule has 29 heavy (non-hydrogen) atoms. The number of rotatable bonds is 4. The van der Waals surface area contributed by atoms with Gasteiger partial charge in [-0.3, -0.25) is 9.20 Å². The summed E-state index contributed by atoms with van der Waals surface area (Å²) in [5.41, 5.74) is 2.68. The van der Waals surface area contributed by atoms with E-state index in [1.807, 2.05) is 50.5 Å². The van der Waals surface area contributed by atoms with Crippen LogP contribution < -0.4 is 9.64 Å². The van der Waals surface area contributed by atoms with E-state index >= 15 is 0 Å². The molecule has 0 radical (unpaired) electrons. The zero-order chi connectivity index (χ0) is 19.8. The maximum atomic E-state index is 13.2. The molecule has 6 nitrogen and oxygen atoms in total. The van der Waals surface area contributed by atoms with Crippen LogP contribution in [0.3, 0.4) is 0 Å². The molecule has 148 valence electrons. The third-order valence-electron chi connectivity index (χ3n) is 5.19. The molecule has 0 N–H and O–H groups in total. The molecule has 1 amide bonds. The molecule has 0 spiro atoms. The Bertz CT molecular complexity index is 1140. The highest BCUT2D eigenvalue weighted by Crippen LogP contribution is 2.30. The lowest BCUT2D eigenvalue weighted by Crippen LogP contribution is -2.49. The Morgan fingerprint density at radius 2 is 1.90 bits per heavy atom. The maximum Gasteiger partial charge on any atom is 0.271 e. The SMILES string of the molecule is COc1ccccc1N1CCN(C(=O)c2csc3nc(-c4cccs4)cn23)CC1. The van der Waals surface area contributed by atoms with E-state index in [2.05, 4.69) is 22.0 Å². The summed E-state index contributed by atoms with van der Waals surface area (Å²) in [6, 6.07) is 12.1. The first-order valence-corrected chi connectivity index (χ1v) is 11.2. The van der Waals surface area contributed by atoms with Crippen LogP contribution in [0, 0.1) is 0 Å². The van der Waals surface area contributed by atoms with Crippen LogP contribution in [-0.4, -0.2) is 53.5 Å². The fourth-order valence-corrected chi connectivity index (χ4v) is 5.21. The molecule has 1 saturated heterocycles. The second-order valence-electron chi connectivity index (χ2n) is 6.83. The summed E-state index contributed by atoms with van der Waals surface area (Å²) >= 11 is 3.16. The van der Waals surface area contributed by atoms with Gasteiger partial charge in [0.15, 0.2) is 4.96 Å². The van der Waals surface area contributed by atoms with Gasteiger partial charge in [-0.25, -0.2) is 4.98 Å². The number of aromatic nitrogens is 2. The Labute approximate surface area is 176 Å². The highest BCUT2D eigenvalue weighted by atomic mass is 32.1. The molecule has 5 rings (SSSR count). The lowest BCUT2D eigenvalue weighted by Gasteiger charge is -2.36. The number of thiophene rings is 1. The molecule has 4 aromatic rings. The number of anilines is 1. The number of carbonyl (C=O) groups is 1. The minimum Gasteiger partial charge on any atom is -0.495 e. The highest BCUT2D eigenvalue weighted by Gasteiger charge is 2.26. The first kappa shape index (κ1) is 18.2. The van der Waals surface area contributed by atoms with Crippen molar-refractivity contribution in [3.05, 3.63) is 59.0 Å². The van der Waals surface area contributed by atoms with E-state index in [-0.39, 0.29) is 5.91 Å². The predicted molar refractivity (Wildman–Crippen MR) is 117 cm³/mol. The zero-order valence-electron chi connectivity index (χ0n) is 15.9. The summed E-state index contributed by atoms with van der Waals surface area (Å²) in [7, 11) is 1.69. The number of piperazine rings is 1. The third kappa shape index (κ3) is 3.28. The second-order valence-corrected chi connectivity index (χ2v) is 8.61. The van der Waals surface area contributed by atoms with E-state index in [9.17, 15) is 4.79 Å². The first-order valence-electron chi connectivity index (χ1n) is 9.42. The fourth-order valence-electron chi connectivity index (χ4n) is 3.68. The maximum absolute atomic E-state index is 13.2. The summed E-state index contributed by atoms with van der Waals surface area (Å²) in [5.74, 6) is 0.928. The molecule has 0 saturated carbocycles. The third-order valence-corrected chi connectivity index (χ3v) is 6.93. The first-order chi connectivity index (χ1) is 14.2. The number of thiazole rings is 1. The highest BCUT2D eigenvalue weighted by molar-refractivity contribution is 7.15. The van der Waals surface area contributed by atoms with Gasteiger partial charge in [-0.15, -0.1) is 22.7 Å². The summed E-state index contributed by atoms with van der Waals surface area (Å²) in [5, 5.41) is 3.95. The smallest absolute Gasteiger partial charge is 0.271 e. The molecule has 4 heterocycles. The molecule has 8 heteroatoms. The minimum absolute atomic E-state index is 0.0612. The number of nitrogens with zero attached hydrogens (tertiary/aromatic N) is 4. The van der Waals surface area contributed by atoms with E-state index in [1.54, 1.807) is 18.4 Å². The molecule has 0 aliphatic carbocycles. The van der Waals surface area contributed by atoms with Crippen LogP contribution in [0.4, 0.5) is 5.69 Å². The largest absolute Gasteiger partial charge is 0.495 e. The molecule has 1 aliphatic rings. The lowest BCUT2D eigenvalue weighted by molar-refractivity contribution is 0.0740. The van der Waals surface area contributed by atoms with Crippen LogP contribution in [-0.2, 0) is 0 Å². The average molecular weight is 425 g/mol. The van der Waals surface area contributed by atoms with Crippen LogP contribution in [0.25, 0.3) is 15.5 Å². The summed E-state index contributed by atoms with van der Waals surface area (Å²) in [4.78, 5) is 24.0. The quantitative estimate of drug-likeness (QED) is 0.495. The molecular weight excluding hydrogens is 404 g/mol. The van der Waals surface area contributed by atoms with Gasteiger partial charge >= 0.3 is 0 Å². The number of para-hydroxylation sites is 2. The average Bonchev–Trinajstić information content (AvgIpc) is 3.50.